The number of nitrogens with zero attached hydrogens (tertiary/aromatic N) is 1. The molecule has 0 rings (SSSR count). The fraction of sp³-hybridized carbons (Fsp3) is 0.846. The maximum absolute atomic E-state index is 11.4. The van der Waals surface area contributed by atoms with Crippen molar-refractivity contribution in [1.82, 2.24) is 15.5 Å². The number of amides is 2. The molecule has 20 heavy (non-hydrogen) atoms. The van der Waals surface area contributed by atoms with Crippen LogP contribution in [0.15, 0.2) is 0 Å². The Bertz CT molecular complexity index is 300. The molecule has 0 saturated heterocycles. The Morgan fingerprint density at radius 2 is 1.55 bits per heavy atom. The van der Waals surface area contributed by atoms with E-state index in [1.807, 2.05) is 0 Å². The average molecular weight is 289 g/mol. The molecule has 0 aliphatic carbocycles. The summed E-state index contributed by atoms with van der Waals surface area (Å²) in [6, 6.07) is 0.464. The molecule has 0 aromatic heterocycles. The van der Waals surface area contributed by atoms with Crippen LogP contribution in [0.5, 0.6) is 0 Å². The van der Waals surface area contributed by atoms with Crippen LogP contribution in [0.4, 0.5) is 4.79 Å². The Labute approximate surface area is 120 Å². The molecule has 0 saturated carbocycles. The molecule has 0 spiro atoms. The first kappa shape index (κ1) is 18.7. The molecule has 7 heteroatoms. The third-order valence-electron chi connectivity index (χ3n) is 2.97. The fourth-order valence-corrected chi connectivity index (χ4v) is 1.92. The van der Waals surface area contributed by atoms with Gasteiger partial charge in [-0.2, -0.15) is 0 Å². The normalized spacial score (nSPS) is 12.8. The number of urea groups is 1. The zero-order valence-corrected chi connectivity index (χ0v) is 12.7. The predicted molar refractivity (Wildman–Crippen MR) is 76.6 cm³/mol. The van der Waals surface area contributed by atoms with Crippen molar-refractivity contribution >= 4 is 12.0 Å². The van der Waals surface area contributed by atoms with Crippen LogP contribution in [0.25, 0.3) is 0 Å². The molecule has 0 fully saturated rings. The number of hydrogen-bond donors (Lipinski definition) is 4. The number of aliphatic hydroxyl groups excluding tert-OH is 1. The van der Waals surface area contributed by atoms with Crippen LogP contribution in [0.2, 0.25) is 0 Å². The highest BCUT2D eigenvalue weighted by Gasteiger charge is 2.14. The van der Waals surface area contributed by atoms with Crippen molar-refractivity contribution in [1.29, 1.82) is 0 Å². The first-order valence-electron chi connectivity index (χ1n) is 6.94. The van der Waals surface area contributed by atoms with Gasteiger partial charge in [0, 0.05) is 38.1 Å². The number of aliphatic carboxylic acids is 1. The number of hydrogen-bond acceptors (Lipinski definition) is 4. The van der Waals surface area contributed by atoms with Crippen molar-refractivity contribution in [2.75, 3.05) is 19.6 Å². The van der Waals surface area contributed by atoms with Crippen molar-refractivity contribution in [3.05, 3.63) is 0 Å². The molecule has 7 nitrogen and oxygen atoms in total. The topological polar surface area (TPSA) is 102 Å². The number of carboxylic acid groups (broad SMARTS) is 1. The minimum Gasteiger partial charge on any atom is -0.479 e. The number of aliphatic hydroxyl groups is 1. The van der Waals surface area contributed by atoms with Crippen LogP contribution in [-0.4, -0.2) is 64.9 Å². The van der Waals surface area contributed by atoms with Gasteiger partial charge in [0.2, 0.25) is 0 Å². The number of nitrogens with one attached hydrogen (secondary N) is 2. The summed E-state index contributed by atoms with van der Waals surface area (Å²) in [6.07, 6.45) is -1.44. The van der Waals surface area contributed by atoms with Crippen molar-refractivity contribution < 1.29 is 19.8 Å². The van der Waals surface area contributed by atoms with E-state index in [4.69, 9.17) is 10.2 Å². The van der Waals surface area contributed by atoms with Crippen molar-refractivity contribution in [3.8, 4) is 0 Å². The van der Waals surface area contributed by atoms with Crippen molar-refractivity contribution in [2.24, 2.45) is 0 Å². The van der Waals surface area contributed by atoms with Crippen LogP contribution in [0.3, 0.4) is 0 Å². The Morgan fingerprint density at radius 3 is 2.00 bits per heavy atom. The zero-order chi connectivity index (χ0) is 15.7. The molecule has 0 aromatic carbocycles. The largest absolute Gasteiger partial charge is 0.479 e. The lowest BCUT2D eigenvalue weighted by atomic mass is 10.2. The summed E-state index contributed by atoms with van der Waals surface area (Å²) in [5.41, 5.74) is 0. The molecule has 1 atom stereocenters. The highest BCUT2D eigenvalue weighted by molar-refractivity contribution is 5.74. The minimum atomic E-state index is -1.44. The van der Waals surface area contributed by atoms with Gasteiger partial charge >= 0.3 is 12.0 Å². The molecule has 2 amide bonds. The SMILES string of the molecule is CC(C)N(CCNC(=O)NCC[C@H](O)C(=O)O)C(C)C. The number of carbonyl (C=O) groups excluding carboxylic acids is 1. The first-order valence-corrected chi connectivity index (χ1v) is 6.94. The van der Waals surface area contributed by atoms with Gasteiger partial charge in [-0.25, -0.2) is 9.59 Å². The first-order chi connectivity index (χ1) is 9.25. The van der Waals surface area contributed by atoms with E-state index in [9.17, 15) is 9.59 Å². The molecule has 0 aliphatic rings. The molecule has 4 N–H and O–H groups in total. The van der Waals surface area contributed by atoms with Crippen LogP contribution in [0.1, 0.15) is 34.1 Å². The maximum atomic E-state index is 11.4. The number of carbonyl (C=O) groups is 2. The Hall–Kier alpha value is -1.34. The van der Waals surface area contributed by atoms with Gasteiger partial charge < -0.3 is 20.8 Å². The smallest absolute Gasteiger partial charge is 0.332 e. The third-order valence-corrected chi connectivity index (χ3v) is 2.97. The highest BCUT2D eigenvalue weighted by Crippen LogP contribution is 2.03. The molecule has 0 unspecified atom stereocenters. The third kappa shape index (κ3) is 7.96. The molecule has 0 bridgehead atoms. The van der Waals surface area contributed by atoms with Crippen LogP contribution in [0, 0.1) is 0 Å². The van der Waals surface area contributed by atoms with Gasteiger partial charge in [-0.15, -0.1) is 0 Å². The Kier molecular flexibility index (Phi) is 8.91. The molecule has 0 aromatic rings. The minimum absolute atomic E-state index is 0.00708. The van der Waals surface area contributed by atoms with Crippen molar-refractivity contribution in [3.63, 3.8) is 0 Å². The summed E-state index contributed by atoms with van der Waals surface area (Å²) >= 11 is 0. The summed E-state index contributed by atoms with van der Waals surface area (Å²) in [5, 5.41) is 22.7. The van der Waals surface area contributed by atoms with E-state index in [0.29, 0.717) is 18.6 Å². The van der Waals surface area contributed by atoms with Gasteiger partial charge in [-0.05, 0) is 27.7 Å². The molecule has 0 radical (unpaired) electrons. The second-order valence-electron chi connectivity index (χ2n) is 5.25. The van der Waals surface area contributed by atoms with Crippen LogP contribution < -0.4 is 10.6 Å². The van der Waals surface area contributed by atoms with Crippen LogP contribution in [-0.2, 0) is 4.79 Å². The van der Waals surface area contributed by atoms with Gasteiger partial charge in [-0.1, -0.05) is 0 Å². The van der Waals surface area contributed by atoms with E-state index < -0.39 is 12.1 Å². The van der Waals surface area contributed by atoms with Gasteiger partial charge in [0.15, 0.2) is 6.10 Å². The number of rotatable bonds is 9. The lowest BCUT2D eigenvalue weighted by molar-refractivity contribution is -0.146. The van der Waals surface area contributed by atoms with E-state index >= 15 is 0 Å². The second kappa shape index (κ2) is 9.55. The lowest BCUT2D eigenvalue weighted by Crippen LogP contribution is -2.45. The predicted octanol–water partition coefficient (Wildman–Crippen LogP) is 0.240. The van der Waals surface area contributed by atoms with Gasteiger partial charge in [0.1, 0.15) is 0 Å². The highest BCUT2D eigenvalue weighted by atomic mass is 16.4. The summed E-state index contributed by atoms with van der Waals surface area (Å²) in [6.45, 7) is 9.81. The average Bonchev–Trinajstić information content (AvgIpc) is 2.33. The standard InChI is InChI=1S/C13H27N3O4/c1-9(2)16(10(3)4)8-7-15-13(20)14-6-5-11(17)12(18)19/h9-11,17H,5-8H2,1-4H3,(H,18,19)(H2,14,15,20)/t11-/m0/s1. The summed E-state index contributed by atoms with van der Waals surface area (Å²) in [5.74, 6) is -1.28. The Balaban J connectivity index is 3.80. The Morgan fingerprint density at radius 1 is 1.05 bits per heavy atom. The van der Waals surface area contributed by atoms with Gasteiger partial charge in [-0.3, -0.25) is 4.90 Å². The molecule has 0 aliphatic heterocycles. The molecule has 118 valence electrons. The summed E-state index contributed by atoms with van der Waals surface area (Å²) in [4.78, 5) is 24.1. The van der Waals surface area contributed by atoms with Gasteiger partial charge in [0.25, 0.3) is 0 Å². The van der Waals surface area contributed by atoms with E-state index in [1.165, 1.54) is 0 Å². The van der Waals surface area contributed by atoms with E-state index in [1.54, 1.807) is 0 Å². The molecular formula is C13H27N3O4. The van der Waals surface area contributed by atoms with Crippen molar-refractivity contribution in [2.45, 2.75) is 52.3 Å². The lowest BCUT2D eigenvalue weighted by Gasteiger charge is -2.30. The molecular weight excluding hydrogens is 262 g/mol. The number of carboxylic acids is 1. The molecule has 0 heterocycles. The quantitative estimate of drug-likeness (QED) is 0.487. The monoisotopic (exact) mass is 289 g/mol. The van der Waals surface area contributed by atoms with E-state index in [-0.39, 0.29) is 19.0 Å². The van der Waals surface area contributed by atoms with Gasteiger partial charge in [0.05, 0.1) is 0 Å². The maximum Gasteiger partial charge on any atom is 0.332 e. The van der Waals surface area contributed by atoms with Crippen LogP contribution >= 0.6 is 0 Å². The summed E-state index contributed by atoms with van der Waals surface area (Å²) in [7, 11) is 0. The van der Waals surface area contributed by atoms with E-state index in [0.717, 1.165) is 6.54 Å². The summed E-state index contributed by atoms with van der Waals surface area (Å²) < 4.78 is 0. The fourth-order valence-electron chi connectivity index (χ4n) is 1.92. The van der Waals surface area contributed by atoms with E-state index in [2.05, 4.69) is 43.2 Å². The zero-order valence-electron chi connectivity index (χ0n) is 12.7. The second-order valence-corrected chi connectivity index (χ2v) is 5.25.